The first-order valence-electron chi connectivity index (χ1n) is 7.04. The lowest BCUT2D eigenvalue weighted by molar-refractivity contribution is -0.665. The van der Waals surface area contributed by atoms with E-state index in [0.29, 0.717) is 5.92 Å². The van der Waals surface area contributed by atoms with E-state index in [-0.39, 0.29) is 17.0 Å². The topological polar surface area (TPSA) is 89.2 Å². The molecule has 0 aromatic heterocycles. The van der Waals surface area contributed by atoms with Crippen molar-refractivity contribution in [2.24, 2.45) is 5.92 Å². The molecule has 1 heterocycles. The van der Waals surface area contributed by atoms with Crippen LogP contribution in [0.4, 0.5) is 5.69 Å². The van der Waals surface area contributed by atoms with Crippen LogP contribution in [0.1, 0.15) is 37.0 Å². The van der Waals surface area contributed by atoms with Crippen LogP contribution >= 0.6 is 0 Å². The van der Waals surface area contributed by atoms with Crippen molar-refractivity contribution < 1.29 is 20.0 Å². The van der Waals surface area contributed by atoms with E-state index in [9.17, 15) is 9.90 Å². The predicted molar refractivity (Wildman–Crippen MR) is 76.4 cm³/mol. The summed E-state index contributed by atoms with van der Waals surface area (Å²) in [6, 6.07) is 4.61. The average molecular weight is 279 g/mol. The zero-order valence-electron chi connectivity index (χ0n) is 12.1. The van der Waals surface area contributed by atoms with E-state index in [4.69, 9.17) is 10.5 Å². The third kappa shape index (κ3) is 3.04. The smallest absolute Gasteiger partial charge is 0.340 e. The molecule has 1 aliphatic rings. The molecule has 20 heavy (non-hydrogen) atoms. The van der Waals surface area contributed by atoms with Gasteiger partial charge < -0.3 is 20.9 Å². The number of ether oxygens (including phenoxy) is 1. The number of rotatable bonds is 3. The molecule has 0 radical (unpaired) electrons. The number of piperidine rings is 1. The molecular formula is C15H23N2O3+. The van der Waals surface area contributed by atoms with Gasteiger partial charge in [0.1, 0.15) is 11.4 Å². The number of carbonyl (C=O) groups excluding carboxylic acids is 1. The molecule has 110 valence electrons. The van der Waals surface area contributed by atoms with E-state index < -0.39 is 11.6 Å². The third-order valence-corrected chi connectivity index (χ3v) is 4.08. The Morgan fingerprint density at radius 1 is 1.40 bits per heavy atom. The van der Waals surface area contributed by atoms with Crippen LogP contribution in [-0.4, -0.2) is 29.8 Å². The van der Waals surface area contributed by atoms with Crippen molar-refractivity contribution in [3.8, 4) is 5.75 Å². The molecule has 0 aliphatic carbocycles. The molecule has 1 saturated heterocycles. The molecule has 5 nitrogen and oxygen atoms in total. The first-order valence-corrected chi connectivity index (χ1v) is 7.04. The highest BCUT2D eigenvalue weighted by Crippen LogP contribution is 2.31. The normalized spacial score (nSPS) is 16.9. The molecule has 0 unspecified atom stereocenters. The fourth-order valence-corrected chi connectivity index (χ4v) is 2.73. The average Bonchev–Trinajstić information content (AvgIpc) is 2.42. The van der Waals surface area contributed by atoms with Crippen LogP contribution in [0, 0.1) is 5.92 Å². The van der Waals surface area contributed by atoms with Crippen molar-refractivity contribution in [3.05, 3.63) is 23.8 Å². The summed E-state index contributed by atoms with van der Waals surface area (Å²) in [5.41, 5.74) is 5.50. The van der Waals surface area contributed by atoms with Crippen molar-refractivity contribution >= 4 is 11.7 Å². The molecule has 5 heteroatoms. The number of nitrogen functional groups attached to an aromatic ring is 1. The van der Waals surface area contributed by atoms with Crippen LogP contribution in [0.15, 0.2) is 18.2 Å². The summed E-state index contributed by atoms with van der Waals surface area (Å²) >= 11 is 0. The third-order valence-electron chi connectivity index (χ3n) is 4.08. The quantitative estimate of drug-likeness (QED) is 0.435. The minimum absolute atomic E-state index is 0.0743. The molecule has 2 rings (SSSR count). The van der Waals surface area contributed by atoms with Gasteiger partial charge in [0.2, 0.25) is 0 Å². The highest BCUT2D eigenvalue weighted by atomic mass is 16.6. The van der Waals surface area contributed by atoms with Gasteiger partial charge in [0.05, 0.1) is 24.3 Å². The number of hydrogen-bond donors (Lipinski definition) is 3. The van der Waals surface area contributed by atoms with Gasteiger partial charge in [0.25, 0.3) is 0 Å². The van der Waals surface area contributed by atoms with Crippen molar-refractivity contribution in [2.75, 3.05) is 18.8 Å². The minimum atomic E-state index is -0.525. The standard InChI is InChI=1S/C15H22N2O3/c1-15(2,10-6-8-17-9-7-10)20-14(19)11-4-3-5-12(18)13(11)16/h3-5,10,17-18H,6-9,16H2,1-2H3/p+1. The number of phenolic OH excluding ortho intramolecular Hbond substituents is 1. The second-order valence-corrected chi connectivity index (χ2v) is 5.87. The van der Waals surface area contributed by atoms with Crippen LogP contribution in [0.5, 0.6) is 5.75 Å². The summed E-state index contributed by atoms with van der Waals surface area (Å²) < 4.78 is 5.66. The van der Waals surface area contributed by atoms with Crippen LogP contribution in [0.3, 0.4) is 0 Å². The maximum atomic E-state index is 12.3. The van der Waals surface area contributed by atoms with Crippen LogP contribution < -0.4 is 11.1 Å². The van der Waals surface area contributed by atoms with Crippen molar-refractivity contribution in [1.29, 1.82) is 0 Å². The number of esters is 1. The Hall–Kier alpha value is -1.75. The molecule has 0 amide bonds. The Bertz CT molecular complexity index is 494. The Morgan fingerprint density at radius 2 is 2.05 bits per heavy atom. The molecule has 5 N–H and O–H groups in total. The summed E-state index contributed by atoms with van der Waals surface area (Å²) in [4.78, 5) is 12.3. The lowest BCUT2D eigenvalue weighted by Gasteiger charge is -2.35. The maximum absolute atomic E-state index is 12.3. The molecule has 0 spiro atoms. The molecule has 1 aliphatic heterocycles. The van der Waals surface area contributed by atoms with E-state index >= 15 is 0 Å². The Labute approximate surface area is 119 Å². The highest BCUT2D eigenvalue weighted by Gasteiger charge is 2.35. The zero-order chi connectivity index (χ0) is 14.8. The van der Waals surface area contributed by atoms with Gasteiger partial charge in [-0.3, -0.25) is 0 Å². The van der Waals surface area contributed by atoms with E-state index in [1.165, 1.54) is 6.07 Å². The lowest BCUT2D eigenvalue weighted by atomic mass is 9.83. The van der Waals surface area contributed by atoms with Crippen molar-refractivity contribution in [2.45, 2.75) is 32.3 Å². The number of hydrogen-bond acceptors (Lipinski definition) is 4. The Morgan fingerprint density at radius 3 is 2.70 bits per heavy atom. The summed E-state index contributed by atoms with van der Waals surface area (Å²) in [5.74, 6) is -0.211. The highest BCUT2D eigenvalue weighted by molar-refractivity contribution is 5.96. The number of carbonyl (C=O) groups is 1. The Balaban J connectivity index is 2.11. The van der Waals surface area contributed by atoms with E-state index in [0.717, 1.165) is 25.9 Å². The van der Waals surface area contributed by atoms with Crippen LogP contribution in [0.25, 0.3) is 0 Å². The fourth-order valence-electron chi connectivity index (χ4n) is 2.73. The number of anilines is 1. The van der Waals surface area contributed by atoms with Crippen LogP contribution in [0.2, 0.25) is 0 Å². The minimum Gasteiger partial charge on any atom is -0.506 e. The van der Waals surface area contributed by atoms with Gasteiger partial charge in [-0.15, -0.1) is 0 Å². The SMILES string of the molecule is CC(C)(OC(=O)c1cccc(O)c1N)C1CC[NH2+]CC1. The molecule has 1 aromatic carbocycles. The summed E-state index contributed by atoms with van der Waals surface area (Å²) in [6.45, 7) is 6.03. The lowest BCUT2D eigenvalue weighted by Crippen LogP contribution is -2.86. The second kappa shape index (κ2) is 5.71. The summed E-state index contributed by atoms with van der Waals surface area (Å²) in [7, 11) is 0. The zero-order valence-corrected chi connectivity index (χ0v) is 12.1. The van der Waals surface area contributed by atoms with Gasteiger partial charge >= 0.3 is 5.97 Å². The molecule has 0 atom stereocenters. The number of para-hydroxylation sites is 1. The largest absolute Gasteiger partial charge is 0.506 e. The first kappa shape index (κ1) is 14.7. The molecule has 0 bridgehead atoms. The van der Waals surface area contributed by atoms with Crippen molar-refractivity contribution in [1.82, 2.24) is 0 Å². The molecule has 1 fully saturated rings. The predicted octanol–water partition coefficient (Wildman–Crippen LogP) is 0.883. The van der Waals surface area contributed by atoms with Gasteiger partial charge in [-0.2, -0.15) is 0 Å². The molecular weight excluding hydrogens is 256 g/mol. The molecule has 1 aromatic rings. The van der Waals surface area contributed by atoms with Gasteiger partial charge in [-0.05, 0) is 26.0 Å². The Kier molecular flexibility index (Phi) is 4.18. The van der Waals surface area contributed by atoms with Gasteiger partial charge in [-0.1, -0.05) is 6.07 Å². The second-order valence-electron chi connectivity index (χ2n) is 5.87. The van der Waals surface area contributed by atoms with E-state index in [1.54, 1.807) is 12.1 Å². The number of benzene rings is 1. The van der Waals surface area contributed by atoms with Crippen molar-refractivity contribution in [3.63, 3.8) is 0 Å². The number of nitrogens with two attached hydrogens (primary N) is 2. The fraction of sp³-hybridized carbons (Fsp3) is 0.533. The summed E-state index contributed by atoms with van der Waals surface area (Å²) in [6.07, 6.45) is 2.08. The van der Waals surface area contributed by atoms with E-state index in [1.807, 2.05) is 13.8 Å². The van der Waals surface area contributed by atoms with Crippen LogP contribution in [-0.2, 0) is 4.74 Å². The number of phenols is 1. The number of quaternary nitrogens is 1. The van der Waals surface area contributed by atoms with Gasteiger partial charge in [-0.25, -0.2) is 4.79 Å². The van der Waals surface area contributed by atoms with Gasteiger partial charge in [0.15, 0.2) is 0 Å². The summed E-state index contributed by atoms with van der Waals surface area (Å²) in [5, 5.41) is 11.8. The monoisotopic (exact) mass is 279 g/mol. The first-order chi connectivity index (χ1) is 9.42. The molecule has 0 saturated carbocycles. The van der Waals surface area contributed by atoms with Gasteiger partial charge in [0, 0.05) is 18.8 Å². The van der Waals surface area contributed by atoms with E-state index in [2.05, 4.69) is 5.32 Å². The number of aromatic hydroxyl groups is 1. The maximum Gasteiger partial charge on any atom is 0.340 e.